The topological polar surface area (TPSA) is 35.6 Å². The Morgan fingerprint density at radius 3 is 2.77 bits per heavy atom. The minimum absolute atomic E-state index is 0.0619. The fourth-order valence-electron chi connectivity index (χ4n) is 2.81. The lowest BCUT2D eigenvalue weighted by molar-refractivity contribution is 0.197. The lowest BCUT2D eigenvalue weighted by Crippen LogP contribution is -2.41. The Kier molecular flexibility index (Phi) is 5.95. The molecule has 0 saturated carbocycles. The molecule has 4 nitrogen and oxygen atoms in total. The molecule has 1 saturated heterocycles. The van der Waals surface area contributed by atoms with Gasteiger partial charge in [-0.15, -0.1) is 0 Å². The average Bonchev–Trinajstić information content (AvgIpc) is 2.86. The molecule has 1 fully saturated rings. The molecule has 1 N–H and O–H groups in total. The number of carbonyl (C=O) groups is 1. The van der Waals surface area contributed by atoms with Gasteiger partial charge in [-0.25, -0.2) is 4.79 Å². The fourth-order valence-corrected chi connectivity index (χ4v) is 3.11. The second kappa shape index (κ2) is 7.53. The van der Waals surface area contributed by atoms with Crippen LogP contribution < -0.4 is 5.32 Å². The first-order valence-corrected chi connectivity index (χ1v) is 8.27. The van der Waals surface area contributed by atoms with Crippen molar-refractivity contribution < 1.29 is 4.79 Å². The highest BCUT2D eigenvalue weighted by Crippen LogP contribution is 2.25. The molecule has 0 aromatic heterocycles. The number of nitrogens with zero attached hydrogens (tertiary/aromatic N) is 2. The monoisotopic (exact) mass is 343 g/mol. The molecule has 2 atom stereocenters. The molecule has 2 amide bonds. The molecule has 1 aromatic rings. The van der Waals surface area contributed by atoms with Gasteiger partial charge in [0, 0.05) is 20.1 Å². The summed E-state index contributed by atoms with van der Waals surface area (Å²) in [5, 5.41) is 4.02. The van der Waals surface area contributed by atoms with E-state index in [1.165, 1.54) is 0 Å². The second-order valence-electron chi connectivity index (χ2n) is 6.14. The van der Waals surface area contributed by atoms with Crippen molar-refractivity contribution >= 4 is 29.2 Å². The van der Waals surface area contributed by atoms with Crippen LogP contribution in [0.1, 0.15) is 24.9 Å². The number of amides is 2. The van der Waals surface area contributed by atoms with E-state index in [4.69, 9.17) is 23.2 Å². The van der Waals surface area contributed by atoms with E-state index in [1.54, 1.807) is 17.0 Å². The number of hydrogen-bond donors (Lipinski definition) is 1. The summed E-state index contributed by atoms with van der Waals surface area (Å²) in [5.41, 5.74) is 0.941. The molecule has 0 bridgehead atoms. The first kappa shape index (κ1) is 17.4. The molecular weight excluding hydrogens is 321 g/mol. The van der Waals surface area contributed by atoms with Crippen molar-refractivity contribution in [1.82, 2.24) is 15.1 Å². The van der Waals surface area contributed by atoms with E-state index < -0.39 is 0 Å². The lowest BCUT2D eigenvalue weighted by atomic mass is 10.1. The van der Waals surface area contributed by atoms with Gasteiger partial charge in [0.15, 0.2) is 0 Å². The molecule has 1 heterocycles. The molecule has 0 radical (unpaired) electrons. The number of halogens is 2. The summed E-state index contributed by atoms with van der Waals surface area (Å²) in [4.78, 5) is 16.4. The van der Waals surface area contributed by atoms with E-state index in [2.05, 4.69) is 17.3 Å². The highest BCUT2D eigenvalue weighted by Gasteiger charge is 2.23. The van der Waals surface area contributed by atoms with Gasteiger partial charge < -0.3 is 15.1 Å². The third-order valence-corrected chi connectivity index (χ3v) is 4.89. The van der Waals surface area contributed by atoms with E-state index in [9.17, 15) is 4.79 Å². The summed E-state index contributed by atoms with van der Waals surface area (Å²) in [6.45, 7) is 4.89. The van der Waals surface area contributed by atoms with Crippen molar-refractivity contribution in [3.05, 3.63) is 33.8 Å². The van der Waals surface area contributed by atoms with Crippen molar-refractivity contribution in [3.63, 3.8) is 0 Å². The first-order chi connectivity index (χ1) is 10.4. The number of benzene rings is 1. The van der Waals surface area contributed by atoms with Gasteiger partial charge in [-0.2, -0.15) is 0 Å². The summed E-state index contributed by atoms with van der Waals surface area (Å²) < 4.78 is 0. The fraction of sp³-hybridized carbons (Fsp3) is 0.562. The molecule has 1 aliphatic rings. The molecule has 0 aliphatic carbocycles. The van der Waals surface area contributed by atoms with Crippen LogP contribution >= 0.6 is 23.2 Å². The minimum atomic E-state index is -0.115. The minimum Gasteiger partial charge on any atom is -0.331 e. The van der Waals surface area contributed by atoms with Gasteiger partial charge in [0.1, 0.15) is 0 Å². The predicted molar refractivity (Wildman–Crippen MR) is 91.6 cm³/mol. The van der Waals surface area contributed by atoms with Crippen LogP contribution in [0.2, 0.25) is 10.0 Å². The van der Waals surface area contributed by atoms with Crippen LogP contribution in [0, 0.1) is 5.92 Å². The van der Waals surface area contributed by atoms with Crippen LogP contribution in [0.25, 0.3) is 0 Å². The van der Waals surface area contributed by atoms with Crippen molar-refractivity contribution in [2.24, 2.45) is 5.92 Å². The average molecular weight is 344 g/mol. The van der Waals surface area contributed by atoms with E-state index in [1.807, 2.05) is 20.0 Å². The Morgan fingerprint density at radius 1 is 1.45 bits per heavy atom. The zero-order chi connectivity index (χ0) is 16.3. The Morgan fingerprint density at radius 2 is 2.18 bits per heavy atom. The van der Waals surface area contributed by atoms with Crippen LogP contribution in [-0.4, -0.2) is 49.6 Å². The number of rotatable bonds is 4. The molecule has 0 spiro atoms. The van der Waals surface area contributed by atoms with Gasteiger partial charge in [-0.05, 0) is 50.6 Å². The maximum absolute atomic E-state index is 12.3. The number of hydrogen-bond acceptors (Lipinski definition) is 2. The van der Waals surface area contributed by atoms with Crippen LogP contribution in [0.4, 0.5) is 4.79 Å². The molecular formula is C16H23Cl2N3O. The Labute approximate surface area is 142 Å². The maximum Gasteiger partial charge on any atom is 0.317 e. The van der Waals surface area contributed by atoms with Gasteiger partial charge in [0.05, 0.1) is 16.1 Å². The van der Waals surface area contributed by atoms with Crippen LogP contribution in [-0.2, 0) is 0 Å². The summed E-state index contributed by atoms with van der Waals surface area (Å²) >= 11 is 11.9. The third kappa shape index (κ3) is 4.51. The molecule has 122 valence electrons. The quantitative estimate of drug-likeness (QED) is 0.905. The molecule has 22 heavy (non-hydrogen) atoms. The number of likely N-dealkylation sites (tertiary alicyclic amines) is 1. The molecule has 1 aromatic carbocycles. The third-order valence-electron chi connectivity index (χ3n) is 4.15. The van der Waals surface area contributed by atoms with E-state index in [0.29, 0.717) is 16.0 Å². The summed E-state index contributed by atoms with van der Waals surface area (Å²) in [5.74, 6) is 0.557. The Hall–Kier alpha value is -0.970. The van der Waals surface area contributed by atoms with E-state index >= 15 is 0 Å². The zero-order valence-corrected chi connectivity index (χ0v) is 14.8. The first-order valence-electron chi connectivity index (χ1n) is 7.52. The largest absolute Gasteiger partial charge is 0.331 e. The SMILES string of the molecule is C[C@@H](NC(=O)N(C)C[C@@H]1CCN(C)C1)c1ccc(Cl)c(Cl)c1. The second-order valence-corrected chi connectivity index (χ2v) is 6.96. The number of nitrogens with one attached hydrogen (secondary N) is 1. The Bertz CT molecular complexity index is 538. The molecule has 2 rings (SSSR count). The summed E-state index contributed by atoms with van der Waals surface area (Å²) in [7, 11) is 3.96. The van der Waals surface area contributed by atoms with Crippen molar-refractivity contribution in [3.8, 4) is 0 Å². The van der Waals surface area contributed by atoms with Gasteiger partial charge in [-0.1, -0.05) is 29.3 Å². The van der Waals surface area contributed by atoms with Crippen LogP contribution in [0.3, 0.4) is 0 Å². The predicted octanol–water partition coefficient (Wildman–Crippen LogP) is 3.65. The van der Waals surface area contributed by atoms with Crippen molar-refractivity contribution in [2.75, 3.05) is 33.7 Å². The molecule has 1 aliphatic heterocycles. The van der Waals surface area contributed by atoms with Crippen molar-refractivity contribution in [2.45, 2.75) is 19.4 Å². The highest BCUT2D eigenvalue weighted by molar-refractivity contribution is 6.42. The zero-order valence-electron chi connectivity index (χ0n) is 13.3. The molecule has 6 heteroatoms. The maximum atomic E-state index is 12.3. The van der Waals surface area contributed by atoms with Gasteiger partial charge in [-0.3, -0.25) is 0 Å². The smallest absolute Gasteiger partial charge is 0.317 e. The summed E-state index contributed by atoms with van der Waals surface area (Å²) in [6, 6.07) is 5.25. The molecule has 0 unspecified atom stereocenters. The van der Waals surface area contributed by atoms with E-state index in [-0.39, 0.29) is 12.1 Å². The van der Waals surface area contributed by atoms with E-state index in [0.717, 1.165) is 31.6 Å². The highest BCUT2D eigenvalue weighted by atomic mass is 35.5. The van der Waals surface area contributed by atoms with Gasteiger partial charge in [0.25, 0.3) is 0 Å². The van der Waals surface area contributed by atoms with Gasteiger partial charge >= 0.3 is 6.03 Å². The Balaban J connectivity index is 1.88. The number of carbonyl (C=O) groups excluding carboxylic acids is 1. The number of urea groups is 1. The van der Waals surface area contributed by atoms with Crippen LogP contribution in [0.15, 0.2) is 18.2 Å². The van der Waals surface area contributed by atoms with Crippen molar-refractivity contribution in [1.29, 1.82) is 0 Å². The van der Waals surface area contributed by atoms with Gasteiger partial charge in [0.2, 0.25) is 0 Å². The lowest BCUT2D eigenvalue weighted by Gasteiger charge is -2.24. The van der Waals surface area contributed by atoms with Crippen LogP contribution in [0.5, 0.6) is 0 Å². The standard InChI is InChI=1S/C16H23Cl2N3O/c1-11(13-4-5-14(17)15(18)8-13)19-16(22)21(3)10-12-6-7-20(2)9-12/h4-5,8,11-12H,6-7,9-10H2,1-3H3,(H,19,22)/t11-,12-/m1/s1. The summed E-state index contributed by atoms with van der Waals surface area (Å²) in [6.07, 6.45) is 1.15. The normalized spacial score (nSPS) is 20.0.